The molecule has 0 fully saturated rings. The quantitative estimate of drug-likeness (QED) is 0.0243. The third-order valence-corrected chi connectivity index (χ3v) is 15.1. The molecule has 1 amide bonds. The number of likely N-dealkylation sites (N-methyl/N-ethyl adjacent to an activating group) is 1. The van der Waals surface area contributed by atoms with Gasteiger partial charge in [-0.05, 0) is 96.3 Å². The van der Waals surface area contributed by atoms with Crippen molar-refractivity contribution in [1.82, 2.24) is 5.32 Å². The lowest BCUT2D eigenvalue weighted by molar-refractivity contribution is -0.870. The molecule has 3 N–H and O–H groups in total. The largest absolute Gasteiger partial charge is 0.472 e. The second-order valence-corrected chi connectivity index (χ2v) is 24.6. The highest BCUT2D eigenvalue weighted by Crippen LogP contribution is 2.43. The number of hydrogen-bond acceptors (Lipinski definition) is 5. The Hall–Kier alpha value is -3.36. The Morgan fingerprint density at radius 3 is 1.14 bits per heavy atom. The van der Waals surface area contributed by atoms with Crippen LogP contribution < -0.4 is 5.32 Å². The van der Waals surface area contributed by atoms with Crippen LogP contribution in [0.4, 0.5) is 0 Å². The summed E-state index contributed by atoms with van der Waals surface area (Å²) in [6.07, 6.45) is 93.2. The highest BCUT2D eigenvalue weighted by molar-refractivity contribution is 7.47. The molecule has 81 heavy (non-hydrogen) atoms. The molecule has 0 radical (unpaired) electrons. The molecule has 3 unspecified atom stereocenters. The van der Waals surface area contributed by atoms with E-state index in [-0.39, 0.29) is 25.5 Å². The zero-order chi connectivity index (χ0) is 59.1. The summed E-state index contributed by atoms with van der Waals surface area (Å²) >= 11 is 0. The van der Waals surface area contributed by atoms with E-state index in [4.69, 9.17) is 9.05 Å². The Morgan fingerprint density at radius 1 is 0.432 bits per heavy atom. The number of amides is 1. The molecule has 0 aromatic carbocycles. The lowest BCUT2D eigenvalue weighted by atomic mass is 10.0. The van der Waals surface area contributed by atoms with Gasteiger partial charge < -0.3 is 19.8 Å². The minimum absolute atomic E-state index is 0.0377. The van der Waals surface area contributed by atoms with Crippen LogP contribution in [0.1, 0.15) is 264 Å². The number of carbonyl (C=O) groups is 1. The summed E-state index contributed by atoms with van der Waals surface area (Å²) in [5.74, 6) is -0.248. The number of phosphoric ester groups is 1. The Kier molecular flexibility index (Phi) is 58.7. The molecular formula is C72H126N2O6P+. The number of carbonyl (C=O) groups excluding carboxylic acids is 1. The highest BCUT2D eigenvalue weighted by Gasteiger charge is 2.27. The van der Waals surface area contributed by atoms with Crippen molar-refractivity contribution in [1.29, 1.82) is 0 Å². The third-order valence-electron chi connectivity index (χ3n) is 14.1. The van der Waals surface area contributed by atoms with Gasteiger partial charge >= 0.3 is 7.82 Å². The standard InChI is InChI=1S/C72H125N2O6P/c1-6-8-10-12-14-16-18-20-22-24-26-28-30-32-34-36-38-39-41-43-45-47-49-51-53-55-57-59-61-63-65-71(75)70(69-80-81(77,78)79-68-67-74(3,4)5)73-72(76)66-64-62-60-58-56-54-52-50-48-46-44-42-40-37-35-33-31-29-27-25-23-21-19-17-15-13-11-9-7-2/h9,11,15,17,21,23,27,29,33,35,40,42,46,48,52,54-55,57-58,60,63,65,70-71,75H,6-8,10,12-14,16,18-20,22,24-26,28,30-32,34,36-39,41,43-45,47,49-51,53,56,59,61-62,64,66-69H2,1-5H3,(H-,73,76,77,78)/p+1/b11-9-,17-15-,23-21-,29-27-,35-33-,42-40-,48-46-,54-52-,57-55+,60-58-,65-63+. The van der Waals surface area contributed by atoms with Crippen LogP contribution in [-0.2, 0) is 18.4 Å². The number of rotatable bonds is 59. The van der Waals surface area contributed by atoms with E-state index in [1.807, 2.05) is 27.2 Å². The average molecular weight is 1150 g/mol. The van der Waals surface area contributed by atoms with Gasteiger partial charge in [0.05, 0.1) is 39.9 Å². The number of phosphoric acid groups is 1. The van der Waals surface area contributed by atoms with Crippen molar-refractivity contribution in [3.8, 4) is 0 Å². The Labute approximate surface area is 500 Å². The summed E-state index contributed by atoms with van der Waals surface area (Å²) in [5.41, 5.74) is 0. The zero-order valence-corrected chi connectivity index (χ0v) is 53.9. The van der Waals surface area contributed by atoms with Crippen molar-refractivity contribution in [2.24, 2.45) is 0 Å². The van der Waals surface area contributed by atoms with E-state index in [0.29, 0.717) is 17.4 Å². The maximum absolute atomic E-state index is 13.0. The first-order chi connectivity index (χ1) is 39.5. The molecule has 3 atom stereocenters. The van der Waals surface area contributed by atoms with Crippen LogP contribution in [0.3, 0.4) is 0 Å². The number of nitrogens with one attached hydrogen (secondary N) is 1. The maximum Gasteiger partial charge on any atom is 0.472 e. The van der Waals surface area contributed by atoms with Crippen LogP contribution in [0.5, 0.6) is 0 Å². The molecule has 0 rings (SSSR count). The van der Waals surface area contributed by atoms with Gasteiger partial charge in [0.1, 0.15) is 13.2 Å². The van der Waals surface area contributed by atoms with Crippen molar-refractivity contribution in [3.63, 3.8) is 0 Å². The van der Waals surface area contributed by atoms with Crippen LogP contribution in [0.15, 0.2) is 134 Å². The van der Waals surface area contributed by atoms with Crippen molar-refractivity contribution in [2.45, 2.75) is 276 Å². The lowest BCUT2D eigenvalue weighted by Gasteiger charge is -2.25. The molecule has 0 aliphatic rings. The summed E-state index contributed by atoms with van der Waals surface area (Å²) in [4.78, 5) is 23.3. The molecule has 9 heteroatoms. The van der Waals surface area contributed by atoms with E-state index < -0.39 is 20.0 Å². The molecule has 0 aliphatic carbocycles. The van der Waals surface area contributed by atoms with Crippen LogP contribution in [-0.4, -0.2) is 73.4 Å². The molecule has 0 aliphatic heterocycles. The molecule has 0 aromatic rings. The first kappa shape index (κ1) is 77.6. The SMILES string of the molecule is CC/C=C\C/C=C\C/C=C\C/C=C\C/C=C\C/C=C\C/C=C\C/C=C\C/C=C\CCCC(=O)NC(COP(=O)(O)OCC[N+](C)(C)C)C(O)/C=C/CC/C=C/CCCCCCCCCCCCCCCCCCCCCCCCCC. The van der Waals surface area contributed by atoms with Gasteiger partial charge in [-0.3, -0.25) is 13.8 Å². The van der Waals surface area contributed by atoms with Crippen LogP contribution in [0, 0.1) is 0 Å². The fraction of sp³-hybridized carbons (Fsp3) is 0.681. The van der Waals surface area contributed by atoms with E-state index in [9.17, 15) is 19.4 Å². The first-order valence-corrected chi connectivity index (χ1v) is 34.6. The minimum atomic E-state index is -4.39. The van der Waals surface area contributed by atoms with Gasteiger partial charge in [-0.1, -0.05) is 295 Å². The number of unbranched alkanes of at least 4 members (excludes halogenated alkanes) is 26. The van der Waals surface area contributed by atoms with Crippen molar-refractivity contribution < 1.29 is 32.9 Å². The van der Waals surface area contributed by atoms with E-state index in [1.165, 1.54) is 154 Å². The predicted octanol–water partition coefficient (Wildman–Crippen LogP) is 21.0. The molecule has 0 saturated carbocycles. The molecule has 0 aromatic heterocycles. The van der Waals surface area contributed by atoms with Gasteiger partial charge in [-0.15, -0.1) is 0 Å². The van der Waals surface area contributed by atoms with Gasteiger partial charge in [0.2, 0.25) is 5.91 Å². The Balaban J connectivity index is 4.30. The van der Waals surface area contributed by atoms with Gasteiger partial charge in [-0.2, -0.15) is 0 Å². The normalized spacial score (nSPS) is 14.6. The predicted molar refractivity (Wildman–Crippen MR) is 355 cm³/mol. The fourth-order valence-electron chi connectivity index (χ4n) is 9.00. The van der Waals surface area contributed by atoms with E-state index in [1.54, 1.807) is 6.08 Å². The highest BCUT2D eigenvalue weighted by atomic mass is 31.2. The molecular weight excluding hydrogens is 1020 g/mol. The van der Waals surface area contributed by atoms with E-state index in [2.05, 4.69) is 141 Å². The average Bonchev–Trinajstić information content (AvgIpc) is 3.43. The summed E-state index contributed by atoms with van der Waals surface area (Å²) in [5, 5.41) is 13.9. The molecule has 8 nitrogen and oxygen atoms in total. The fourth-order valence-corrected chi connectivity index (χ4v) is 9.74. The maximum atomic E-state index is 13.0. The number of aliphatic hydroxyl groups is 1. The molecule has 0 saturated heterocycles. The van der Waals surface area contributed by atoms with Crippen molar-refractivity contribution >= 4 is 13.7 Å². The number of hydrogen-bond donors (Lipinski definition) is 3. The summed E-state index contributed by atoms with van der Waals surface area (Å²) in [6, 6.07) is -0.907. The van der Waals surface area contributed by atoms with Gasteiger partial charge in [0.25, 0.3) is 0 Å². The number of allylic oxidation sites excluding steroid dienone is 21. The smallest absolute Gasteiger partial charge is 0.387 e. The Bertz CT molecular complexity index is 1780. The lowest BCUT2D eigenvalue weighted by Crippen LogP contribution is -2.45. The van der Waals surface area contributed by atoms with Gasteiger partial charge in [0, 0.05) is 6.42 Å². The first-order valence-electron chi connectivity index (χ1n) is 33.1. The van der Waals surface area contributed by atoms with Crippen molar-refractivity contribution in [2.75, 3.05) is 40.9 Å². The summed E-state index contributed by atoms with van der Waals surface area (Å²) in [6.45, 7) is 4.64. The topological polar surface area (TPSA) is 105 Å². The Morgan fingerprint density at radius 2 is 0.753 bits per heavy atom. The monoisotopic (exact) mass is 1150 g/mol. The van der Waals surface area contributed by atoms with Crippen LogP contribution in [0.25, 0.3) is 0 Å². The molecule has 464 valence electrons. The van der Waals surface area contributed by atoms with Gasteiger partial charge in [-0.25, -0.2) is 4.57 Å². The second-order valence-electron chi connectivity index (χ2n) is 23.1. The summed E-state index contributed by atoms with van der Waals surface area (Å²) < 4.78 is 23.7. The van der Waals surface area contributed by atoms with Crippen LogP contribution in [0.2, 0.25) is 0 Å². The molecule has 0 bridgehead atoms. The molecule has 0 spiro atoms. The van der Waals surface area contributed by atoms with Crippen LogP contribution >= 0.6 is 7.82 Å². The van der Waals surface area contributed by atoms with Crippen molar-refractivity contribution in [3.05, 3.63) is 134 Å². The third kappa shape index (κ3) is 64.1. The number of aliphatic hydroxyl groups excluding tert-OH is 1. The zero-order valence-electron chi connectivity index (χ0n) is 53.0. The number of nitrogens with zero attached hydrogens (tertiary/aromatic N) is 1. The number of quaternary nitrogens is 1. The minimum Gasteiger partial charge on any atom is -0.387 e. The van der Waals surface area contributed by atoms with Gasteiger partial charge in [0.15, 0.2) is 0 Å². The summed E-state index contributed by atoms with van der Waals surface area (Å²) in [7, 11) is 1.50. The van der Waals surface area contributed by atoms with E-state index >= 15 is 0 Å². The molecule has 0 heterocycles. The van der Waals surface area contributed by atoms with E-state index in [0.717, 1.165) is 83.5 Å². The second kappa shape index (κ2) is 61.2.